The molecule has 0 aliphatic rings. The Morgan fingerprint density at radius 2 is 2.24 bits per heavy atom. The largest absolute Gasteiger partial charge is 0.433 e. The summed E-state index contributed by atoms with van der Waals surface area (Å²) in [5.41, 5.74) is 0.811. The van der Waals surface area contributed by atoms with Crippen molar-refractivity contribution in [2.45, 2.75) is 26.5 Å². The van der Waals surface area contributed by atoms with Crippen LogP contribution in [0.15, 0.2) is 28.9 Å². The van der Waals surface area contributed by atoms with E-state index in [-0.39, 0.29) is 34.7 Å². The number of aryl methyl sites for hydroxylation is 2. The number of nitrogens with one attached hydrogen (secondary N) is 1. The summed E-state index contributed by atoms with van der Waals surface area (Å²) >= 11 is 3.00. The molecule has 1 aromatic carbocycles. The molecule has 0 spiro atoms. The van der Waals surface area contributed by atoms with Crippen molar-refractivity contribution < 1.29 is 23.2 Å². The number of halogens is 3. The lowest BCUT2D eigenvalue weighted by molar-refractivity contribution is -0.390. The number of amides is 1. The zero-order valence-electron chi connectivity index (χ0n) is 12.9. The number of carbonyl (C=O) groups is 1. The Labute approximate surface area is 149 Å². The van der Waals surface area contributed by atoms with Crippen LogP contribution in [0.5, 0.6) is 5.75 Å². The van der Waals surface area contributed by atoms with Crippen LogP contribution in [-0.4, -0.2) is 27.2 Å². The van der Waals surface area contributed by atoms with Crippen molar-refractivity contribution >= 4 is 33.3 Å². The fraction of sp³-hybridized carbons (Fsp3) is 0.286. The third-order valence-corrected chi connectivity index (χ3v) is 3.63. The summed E-state index contributed by atoms with van der Waals surface area (Å²) in [4.78, 5) is 22.1. The van der Waals surface area contributed by atoms with Gasteiger partial charge >= 0.3 is 12.4 Å². The third kappa shape index (κ3) is 5.21. The highest BCUT2D eigenvalue weighted by molar-refractivity contribution is 9.10. The Bertz CT molecular complexity index is 797. The molecule has 0 saturated carbocycles. The minimum absolute atomic E-state index is 0.0622. The molecule has 0 aliphatic carbocycles. The van der Waals surface area contributed by atoms with Gasteiger partial charge in [0.2, 0.25) is 5.91 Å². The maximum absolute atomic E-state index is 12.4. The van der Waals surface area contributed by atoms with Gasteiger partial charge in [-0.1, -0.05) is 6.07 Å². The molecule has 0 fully saturated rings. The second kappa shape index (κ2) is 8.01. The standard InChI is InChI=1S/C14H13BrF2N4O4/c1-8-2-3-10(11(6-8)25-14(16)17)18-12(22)4-5-20-7-9(15)13(19-20)21(23)24/h2-3,6-7,14H,4-5H2,1H3,(H,18,22). The molecule has 2 aromatic rings. The number of carbonyl (C=O) groups excluding carboxylic acids is 1. The van der Waals surface area contributed by atoms with E-state index in [1.165, 1.54) is 23.0 Å². The SMILES string of the molecule is Cc1ccc(NC(=O)CCn2cc(Br)c([N+](=O)[O-])n2)c(OC(F)F)c1. The Kier molecular flexibility index (Phi) is 6.02. The van der Waals surface area contributed by atoms with Gasteiger partial charge in [-0.05, 0) is 45.5 Å². The number of rotatable bonds is 7. The zero-order chi connectivity index (χ0) is 18.6. The fourth-order valence-electron chi connectivity index (χ4n) is 1.98. The monoisotopic (exact) mass is 418 g/mol. The van der Waals surface area contributed by atoms with E-state index >= 15 is 0 Å². The maximum Gasteiger partial charge on any atom is 0.404 e. The van der Waals surface area contributed by atoms with E-state index in [4.69, 9.17) is 0 Å². The summed E-state index contributed by atoms with van der Waals surface area (Å²) in [5.74, 6) is -0.968. The molecular formula is C14H13BrF2N4O4. The van der Waals surface area contributed by atoms with Crippen molar-refractivity contribution in [2.75, 3.05) is 5.32 Å². The second-order valence-electron chi connectivity index (χ2n) is 5.00. The third-order valence-electron chi connectivity index (χ3n) is 3.07. The van der Waals surface area contributed by atoms with Gasteiger partial charge in [0, 0.05) is 6.42 Å². The first kappa shape index (κ1) is 18.8. The van der Waals surface area contributed by atoms with Crippen LogP contribution in [0.4, 0.5) is 20.3 Å². The van der Waals surface area contributed by atoms with Crippen molar-refractivity contribution in [3.05, 3.63) is 44.5 Å². The molecule has 134 valence electrons. The molecule has 0 atom stereocenters. The first-order chi connectivity index (χ1) is 11.8. The minimum atomic E-state index is -3.01. The first-order valence-corrected chi connectivity index (χ1v) is 7.78. The lowest BCUT2D eigenvalue weighted by atomic mass is 10.2. The first-order valence-electron chi connectivity index (χ1n) is 6.99. The van der Waals surface area contributed by atoms with Gasteiger partial charge in [-0.25, -0.2) is 0 Å². The number of hydrogen-bond donors (Lipinski definition) is 1. The van der Waals surface area contributed by atoms with E-state index in [0.29, 0.717) is 5.56 Å². The number of nitro groups is 1. The normalized spacial score (nSPS) is 10.8. The number of anilines is 1. The molecule has 1 amide bonds. The van der Waals surface area contributed by atoms with Crippen LogP contribution in [0.25, 0.3) is 0 Å². The van der Waals surface area contributed by atoms with E-state index in [1.54, 1.807) is 13.0 Å². The van der Waals surface area contributed by atoms with Gasteiger partial charge in [0.1, 0.15) is 10.2 Å². The summed E-state index contributed by atoms with van der Waals surface area (Å²) in [7, 11) is 0. The summed E-state index contributed by atoms with van der Waals surface area (Å²) in [6, 6.07) is 4.48. The van der Waals surface area contributed by atoms with Crippen molar-refractivity contribution in [1.82, 2.24) is 9.78 Å². The fourth-order valence-corrected chi connectivity index (χ4v) is 2.44. The van der Waals surface area contributed by atoms with Crippen molar-refractivity contribution in [3.63, 3.8) is 0 Å². The highest BCUT2D eigenvalue weighted by Crippen LogP contribution is 2.27. The van der Waals surface area contributed by atoms with E-state index in [9.17, 15) is 23.7 Å². The summed E-state index contributed by atoms with van der Waals surface area (Å²) < 4.78 is 30.7. The van der Waals surface area contributed by atoms with E-state index in [0.717, 1.165) is 0 Å². The number of benzene rings is 1. The summed E-state index contributed by atoms with van der Waals surface area (Å²) in [6.07, 6.45) is 1.32. The molecule has 2 rings (SSSR count). The predicted octanol–water partition coefficient (Wildman–Crippen LogP) is 3.49. The Balaban J connectivity index is 2.01. The topological polar surface area (TPSA) is 99.3 Å². The maximum atomic E-state index is 12.4. The molecule has 8 nitrogen and oxygen atoms in total. The van der Waals surface area contributed by atoms with E-state index in [2.05, 4.69) is 31.1 Å². The van der Waals surface area contributed by atoms with Crippen LogP contribution in [-0.2, 0) is 11.3 Å². The number of hydrogen-bond acceptors (Lipinski definition) is 5. The number of alkyl halides is 2. The van der Waals surface area contributed by atoms with E-state index < -0.39 is 17.4 Å². The molecule has 1 heterocycles. The summed E-state index contributed by atoms with van der Waals surface area (Å²) in [6.45, 7) is -1.24. The molecule has 0 bridgehead atoms. The van der Waals surface area contributed by atoms with Gasteiger partial charge in [-0.15, -0.1) is 0 Å². The molecule has 0 aliphatic heterocycles. The Hall–Kier alpha value is -2.56. The van der Waals surface area contributed by atoms with E-state index in [1.807, 2.05) is 0 Å². The number of ether oxygens (including phenoxy) is 1. The minimum Gasteiger partial charge on any atom is -0.433 e. The molecule has 0 saturated heterocycles. The van der Waals surface area contributed by atoms with Gasteiger partial charge in [0.05, 0.1) is 23.5 Å². The molecule has 1 aromatic heterocycles. The number of aromatic nitrogens is 2. The van der Waals surface area contributed by atoms with Gasteiger partial charge in [0.25, 0.3) is 0 Å². The lowest BCUT2D eigenvalue weighted by Crippen LogP contribution is -2.16. The van der Waals surface area contributed by atoms with Gasteiger partial charge < -0.3 is 20.2 Å². The highest BCUT2D eigenvalue weighted by atomic mass is 79.9. The van der Waals surface area contributed by atoms with Crippen LogP contribution in [0.1, 0.15) is 12.0 Å². The smallest absolute Gasteiger partial charge is 0.404 e. The average Bonchev–Trinajstić information content (AvgIpc) is 2.89. The quantitative estimate of drug-likeness (QED) is 0.547. The van der Waals surface area contributed by atoms with Crippen LogP contribution in [0.2, 0.25) is 0 Å². The van der Waals surface area contributed by atoms with Gasteiger partial charge in [-0.3, -0.25) is 4.79 Å². The molecule has 1 N–H and O–H groups in total. The van der Waals surface area contributed by atoms with Crippen molar-refractivity contribution in [3.8, 4) is 5.75 Å². The van der Waals surface area contributed by atoms with Gasteiger partial charge in [0.15, 0.2) is 0 Å². The molecule has 25 heavy (non-hydrogen) atoms. The van der Waals surface area contributed by atoms with Crippen LogP contribution in [0.3, 0.4) is 0 Å². The van der Waals surface area contributed by atoms with Crippen molar-refractivity contribution in [1.29, 1.82) is 0 Å². The lowest BCUT2D eigenvalue weighted by Gasteiger charge is -2.12. The predicted molar refractivity (Wildman–Crippen MR) is 87.6 cm³/mol. The highest BCUT2D eigenvalue weighted by Gasteiger charge is 2.19. The molecular weight excluding hydrogens is 406 g/mol. The van der Waals surface area contributed by atoms with Crippen LogP contribution >= 0.6 is 15.9 Å². The van der Waals surface area contributed by atoms with Gasteiger partial charge in [-0.2, -0.15) is 13.5 Å². The Morgan fingerprint density at radius 3 is 2.84 bits per heavy atom. The zero-order valence-corrected chi connectivity index (χ0v) is 14.5. The average molecular weight is 419 g/mol. The van der Waals surface area contributed by atoms with Crippen LogP contribution in [0, 0.1) is 17.0 Å². The second-order valence-corrected chi connectivity index (χ2v) is 5.85. The summed E-state index contributed by atoms with van der Waals surface area (Å²) in [5, 5.41) is 16.9. The van der Waals surface area contributed by atoms with Crippen LogP contribution < -0.4 is 10.1 Å². The molecule has 11 heteroatoms. The molecule has 0 unspecified atom stereocenters. The van der Waals surface area contributed by atoms with Crippen molar-refractivity contribution in [2.24, 2.45) is 0 Å². The Morgan fingerprint density at radius 1 is 1.52 bits per heavy atom. The molecule has 0 radical (unpaired) electrons. The number of nitrogens with zero attached hydrogens (tertiary/aromatic N) is 3.